The van der Waals surface area contributed by atoms with Gasteiger partial charge in [-0.15, -0.1) is 5.10 Å². The van der Waals surface area contributed by atoms with Gasteiger partial charge in [0.15, 0.2) is 11.6 Å². The Kier molecular flexibility index (Phi) is 7.48. The van der Waals surface area contributed by atoms with Crippen molar-refractivity contribution in [2.24, 2.45) is 0 Å². The van der Waals surface area contributed by atoms with Gasteiger partial charge in [-0.05, 0) is 61.5 Å². The van der Waals surface area contributed by atoms with Crippen LogP contribution >= 0.6 is 11.8 Å². The average molecular weight is 551 g/mol. The summed E-state index contributed by atoms with van der Waals surface area (Å²) in [5.74, 6) is 1.20. The number of aromatic nitrogens is 5. The molecule has 2 saturated heterocycles. The molecule has 5 heterocycles. The summed E-state index contributed by atoms with van der Waals surface area (Å²) >= 11 is 1.42. The van der Waals surface area contributed by atoms with E-state index in [2.05, 4.69) is 25.9 Å². The Hall–Kier alpha value is -3.49. The van der Waals surface area contributed by atoms with Gasteiger partial charge in [-0.2, -0.15) is 5.10 Å². The number of ether oxygens (including phenoxy) is 2. The van der Waals surface area contributed by atoms with Crippen molar-refractivity contribution < 1.29 is 19.4 Å². The van der Waals surface area contributed by atoms with Crippen LogP contribution in [0, 0.1) is 6.92 Å². The van der Waals surface area contributed by atoms with Crippen molar-refractivity contribution in [3.05, 3.63) is 54.4 Å². The van der Waals surface area contributed by atoms with Gasteiger partial charge in [0.25, 0.3) is 0 Å². The number of likely N-dealkylation sites (tertiary alicyclic amines) is 1. The molecule has 6 rings (SSSR count). The molecule has 2 fully saturated rings. The molecule has 0 saturated carbocycles. The number of carbonyl (C=O) groups is 1. The van der Waals surface area contributed by atoms with Gasteiger partial charge in [-0.1, -0.05) is 0 Å². The Bertz CT molecular complexity index is 1440. The number of anilines is 3. The zero-order valence-electron chi connectivity index (χ0n) is 21.4. The number of hydrogen-bond acceptors (Lipinski definition) is 10. The second-order valence-corrected chi connectivity index (χ2v) is 10.8. The Morgan fingerprint density at radius 1 is 1.28 bits per heavy atom. The number of β-amino-alcohol motifs (C(OH)–C–C–N with tert-alkyl or cyclic N) is 1. The first-order valence-corrected chi connectivity index (χ1v) is 13.7. The Morgan fingerprint density at radius 2 is 2.15 bits per heavy atom. The summed E-state index contributed by atoms with van der Waals surface area (Å²) in [6.07, 6.45) is 1.83. The molecule has 13 heteroatoms. The van der Waals surface area contributed by atoms with Crippen molar-refractivity contribution in [3.63, 3.8) is 0 Å². The van der Waals surface area contributed by atoms with E-state index in [0.717, 1.165) is 22.5 Å². The van der Waals surface area contributed by atoms with Crippen LogP contribution in [0.3, 0.4) is 0 Å². The zero-order chi connectivity index (χ0) is 26.8. The highest BCUT2D eigenvalue weighted by molar-refractivity contribution is 7.99. The minimum Gasteiger partial charge on any atom is -0.389 e. The number of aliphatic hydroxyl groups is 1. The van der Waals surface area contributed by atoms with E-state index in [4.69, 9.17) is 14.5 Å². The lowest BCUT2D eigenvalue weighted by Crippen LogP contribution is -2.33. The number of H-pyrrole nitrogens is 1. The number of hydrogen-bond donors (Lipinski definition) is 4. The summed E-state index contributed by atoms with van der Waals surface area (Å²) in [6.45, 7) is 4.30. The number of rotatable bonds is 9. The first kappa shape index (κ1) is 25.8. The lowest BCUT2D eigenvalue weighted by Gasteiger charge is -2.19. The second-order valence-electron chi connectivity index (χ2n) is 9.74. The second kappa shape index (κ2) is 11.3. The number of aryl methyl sites for hydroxylation is 1. The molecule has 12 nitrogen and oxygen atoms in total. The van der Waals surface area contributed by atoms with Crippen molar-refractivity contribution in [1.82, 2.24) is 29.7 Å². The number of nitrogens with one attached hydrogen (secondary N) is 3. The first-order valence-electron chi connectivity index (χ1n) is 12.8. The van der Waals surface area contributed by atoms with E-state index in [9.17, 15) is 9.90 Å². The molecule has 0 aliphatic carbocycles. The number of amides is 1. The number of benzene rings is 1. The van der Waals surface area contributed by atoms with Crippen molar-refractivity contribution in [2.45, 2.75) is 41.7 Å². The fourth-order valence-electron chi connectivity index (χ4n) is 4.73. The number of fused-ring (bicyclic) bond motifs is 1. The predicted octanol–water partition coefficient (Wildman–Crippen LogP) is 2.44. The maximum atomic E-state index is 12.7. The average Bonchev–Trinajstić information content (AvgIpc) is 3.71. The van der Waals surface area contributed by atoms with Gasteiger partial charge < -0.3 is 25.2 Å². The Morgan fingerprint density at radius 3 is 2.92 bits per heavy atom. The summed E-state index contributed by atoms with van der Waals surface area (Å²) in [7, 11) is 0. The lowest BCUT2D eigenvalue weighted by molar-refractivity contribution is -0.117. The van der Waals surface area contributed by atoms with Crippen molar-refractivity contribution in [3.8, 4) is 0 Å². The molecule has 0 radical (unpaired) electrons. The van der Waals surface area contributed by atoms with Gasteiger partial charge in [0, 0.05) is 48.2 Å². The molecule has 2 aliphatic rings. The number of aromatic amines is 1. The maximum absolute atomic E-state index is 12.7. The van der Waals surface area contributed by atoms with Gasteiger partial charge in [0.1, 0.15) is 5.52 Å². The minimum absolute atomic E-state index is 0.0219. The highest BCUT2D eigenvalue weighted by atomic mass is 32.2. The molecule has 4 N–H and O–H groups in total. The van der Waals surface area contributed by atoms with Crippen molar-refractivity contribution in [2.75, 3.05) is 43.5 Å². The third-order valence-corrected chi connectivity index (χ3v) is 7.47. The van der Waals surface area contributed by atoms with Crippen LogP contribution in [0.4, 0.5) is 17.3 Å². The molecule has 2 aliphatic heterocycles. The van der Waals surface area contributed by atoms with Crippen LogP contribution in [0.15, 0.2) is 58.7 Å². The zero-order valence-corrected chi connectivity index (χ0v) is 22.2. The van der Waals surface area contributed by atoms with Crippen LogP contribution in [0.2, 0.25) is 0 Å². The van der Waals surface area contributed by atoms with E-state index in [0.29, 0.717) is 48.8 Å². The van der Waals surface area contributed by atoms with E-state index < -0.39 is 6.10 Å². The molecule has 204 valence electrons. The largest absolute Gasteiger partial charge is 0.389 e. The molecule has 1 aromatic carbocycles. The Balaban J connectivity index is 1.05. The van der Waals surface area contributed by atoms with Crippen LogP contribution in [0.5, 0.6) is 0 Å². The first-order chi connectivity index (χ1) is 19.0. The number of aliphatic hydroxyl groups excluding tert-OH is 1. The minimum atomic E-state index is -0.609. The third-order valence-electron chi connectivity index (χ3n) is 6.61. The van der Waals surface area contributed by atoms with Gasteiger partial charge in [0.05, 0.1) is 31.5 Å². The Labute approximate surface area is 229 Å². The summed E-state index contributed by atoms with van der Waals surface area (Å²) in [6, 6.07) is 13.3. The molecule has 0 spiro atoms. The van der Waals surface area contributed by atoms with E-state index >= 15 is 0 Å². The van der Waals surface area contributed by atoms with E-state index in [1.165, 1.54) is 11.8 Å². The van der Waals surface area contributed by atoms with Crippen LogP contribution in [0.1, 0.15) is 12.1 Å². The lowest BCUT2D eigenvalue weighted by atomic mass is 10.2. The number of carbonyl (C=O) groups excluding carboxylic acids is 1. The molecule has 3 atom stereocenters. The van der Waals surface area contributed by atoms with E-state index in [1.807, 2.05) is 60.5 Å². The molecule has 4 aromatic rings. The summed E-state index contributed by atoms with van der Waals surface area (Å²) in [4.78, 5) is 20.2. The summed E-state index contributed by atoms with van der Waals surface area (Å²) < 4.78 is 13.1. The van der Waals surface area contributed by atoms with Gasteiger partial charge >= 0.3 is 0 Å². The predicted molar refractivity (Wildman–Crippen MR) is 145 cm³/mol. The van der Waals surface area contributed by atoms with Gasteiger partial charge in [0.2, 0.25) is 11.1 Å². The number of nitrogens with zero attached hydrogens (tertiary/aromatic N) is 5. The van der Waals surface area contributed by atoms with Crippen LogP contribution in [-0.4, -0.2) is 91.9 Å². The molecule has 1 amide bonds. The molecular weight excluding hydrogens is 520 g/mol. The SMILES string of the molecule is Cc1cc(Nc2nc(Sc3ccc(NC(=O)CN4C[C@H](O[C@H]5CCOC5)[C@@H](O)C4)cc3)nn3cccc23)n[nH]1. The maximum Gasteiger partial charge on any atom is 0.238 e. The molecule has 0 unspecified atom stereocenters. The molecular formula is C26H30N8O4S. The topological polar surface area (TPSA) is 142 Å². The van der Waals surface area contributed by atoms with Gasteiger partial charge in [-0.25, -0.2) is 9.50 Å². The van der Waals surface area contributed by atoms with Crippen LogP contribution in [0.25, 0.3) is 5.52 Å². The quantitative estimate of drug-likeness (QED) is 0.245. The highest BCUT2D eigenvalue weighted by Crippen LogP contribution is 2.29. The van der Waals surface area contributed by atoms with Gasteiger partial charge in [-0.3, -0.25) is 14.8 Å². The fourth-order valence-corrected chi connectivity index (χ4v) is 5.48. The normalized spacial score (nSPS) is 21.5. The summed E-state index contributed by atoms with van der Waals surface area (Å²) in [5, 5.41) is 28.9. The van der Waals surface area contributed by atoms with Crippen LogP contribution in [-0.2, 0) is 14.3 Å². The molecule has 3 aromatic heterocycles. The van der Waals surface area contributed by atoms with E-state index in [1.54, 1.807) is 4.52 Å². The van der Waals surface area contributed by atoms with Crippen molar-refractivity contribution in [1.29, 1.82) is 0 Å². The van der Waals surface area contributed by atoms with E-state index in [-0.39, 0.29) is 24.7 Å². The highest BCUT2D eigenvalue weighted by Gasteiger charge is 2.35. The standard InChI is InChI=1S/C26H30N8O4S/c1-16-11-23(31-30-16)28-25-20-3-2-9-34(20)32-26(29-25)39-19-6-4-17(5-7-19)27-24(36)14-33-12-21(35)22(13-33)38-18-8-10-37-15-18/h2-7,9,11,18,21-22,35H,8,10,12-15H2,1H3,(H,27,36)(H2,28,29,30,31,32)/t18-,21-,22-/m0/s1. The monoisotopic (exact) mass is 550 g/mol. The van der Waals surface area contributed by atoms with Crippen molar-refractivity contribution >= 4 is 40.5 Å². The molecule has 39 heavy (non-hydrogen) atoms. The third kappa shape index (κ3) is 6.23. The summed E-state index contributed by atoms with van der Waals surface area (Å²) in [5.41, 5.74) is 2.48. The molecule has 0 bridgehead atoms. The smallest absolute Gasteiger partial charge is 0.238 e. The van der Waals surface area contributed by atoms with Crippen LogP contribution < -0.4 is 10.6 Å². The fraction of sp³-hybridized carbons (Fsp3) is 0.385.